The molecule has 1 N–H and O–H groups in total. The van der Waals surface area contributed by atoms with Crippen LogP contribution >= 0.6 is 0 Å². The Labute approximate surface area is 134 Å². The van der Waals surface area contributed by atoms with E-state index in [1.165, 1.54) is 0 Å². The topological polar surface area (TPSA) is 60.2 Å². The lowest BCUT2D eigenvalue weighted by Gasteiger charge is -2.32. The second kappa shape index (κ2) is 5.35. The van der Waals surface area contributed by atoms with Crippen molar-refractivity contribution in [3.63, 3.8) is 0 Å². The molecular formula is C18H19N3O2. The summed E-state index contributed by atoms with van der Waals surface area (Å²) < 4.78 is 7.91. The molecule has 5 heteroatoms. The highest BCUT2D eigenvalue weighted by Gasteiger charge is 2.30. The Bertz CT molecular complexity index is 866. The summed E-state index contributed by atoms with van der Waals surface area (Å²) in [5, 5.41) is 15.8. The van der Waals surface area contributed by atoms with Crippen LogP contribution in [0.4, 0.5) is 0 Å². The van der Waals surface area contributed by atoms with Crippen molar-refractivity contribution in [1.29, 1.82) is 0 Å². The van der Waals surface area contributed by atoms with Gasteiger partial charge in [-0.2, -0.15) is 5.10 Å². The minimum absolute atomic E-state index is 0.0816. The first-order chi connectivity index (χ1) is 11.1. The summed E-state index contributed by atoms with van der Waals surface area (Å²) in [4.78, 5) is 4.44. The van der Waals surface area contributed by atoms with Crippen molar-refractivity contribution in [2.24, 2.45) is 7.05 Å². The largest absolute Gasteiger partial charge is 0.488 e. The number of rotatable bonds is 3. The Morgan fingerprint density at radius 2 is 2.04 bits per heavy atom. The molecule has 0 bridgehead atoms. The van der Waals surface area contributed by atoms with Gasteiger partial charge in [0.2, 0.25) is 0 Å². The van der Waals surface area contributed by atoms with Gasteiger partial charge in [-0.1, -0.05) is 12.1 Å². The molecule has 0 aliphatic heterocycles. The average molecular weight is 309 g/mol. The van der Waals surface area contributed by atoms with Crippen LogP contribution in [0, 0.1) is 6.92 Å². The van der Waals surface area contributed by atoms with Crippen molar-refractivity contribution in [3.05, 3.63) is 42.5 Å². The van der Waals surface area contributed by atoms with E-state index in [2.05, 4.69) is 28.3 Å². The molecular weight excluding hydrogens is 290 g/mol. The fraction of sp³-hybridized carbons (Fsp3) is 0.333. The van der Waals surface area contributed by atoms with Crippen LogP contribution in [0.3, 0.4) is 0 Å². The number of hydrogen-bond acceptors (Lipinski definition) is 4. The Balaban J connectivity index is 1.78. The lowest BCUT2D eigenvalue weighted by atomic mass is 9.92. The second-order valence-corrected chi connectivity index (χ2v) is 6.24. The molecule has 23 heavy (non-hydrogen) atoms. The fourth-order valence-electron chi connectivity index (χ4n) is 2.98. The maximum Gasteiger partial charge on any atom is 0.148 e. The predicted molar refractivity (Wildman–Crippen MR) is 88.3 cm³/mol. The first-order valence-electron chi connectivity index (χ1n) is 7.83. The van der Waals surface area contributed by atoms with Crippen LogP contribution in [0.15, 0.2) is 36.8 Å². The summed E-state index contributed by atoms with van der Waals surface area (Å²) in [6.07, 6.45) is 6.97. The third-order valence-corrected chi connectivity index (χ3v) is 4.42. The van der Waals surface area contributed by atoms with Crippen molar-refractivity contribution < 1.29 is 9.84 Å². The normalized spacial score (nSPS) is 20.5. The Hall–Kier alpha value is -2.40. The van der Waals surface area contributed by atoms with Gasteiger partial charge in [0.25, 0.3) is 0 Å². The summed E-state index contributed by atoms with van der Waals surface area (Å²) in [6.45, 7) is 1.96. The van der Waals surface area contributed by atoms with Crippen LogP contribution in [0.25, 0.3) is 21.9 Å². The van der Waals surface area contributed by atoms with Gasteiger partial charge < -0.3 is 9.84 Å². The van der Waals surface area contributed by atoms with Gasteiger partial charge >= 0.3 is 0 Å². The minimum atomic E-state index is -0.228. The smallest absolute Gasteiger partial charge is 0.148 e. The van der Waals surface area contributed by atoms with Gasteiger partial charge in [-0.25, -0.2) is 0 Å². The maximum absolute atomic E-state index is 9.47. The van der Waals surface area contributed by atoms with E-state index in [1.807, 2.05) is 32.6 Å². The number of aliphatic hydroxyl groups is 1. The van der Waals surface area contributed by atoms with E-state index in [0.29, 0.717) is 12.8 Å². The van der Waals surface area contributed by atoms with Crippen molar-refractivity contribution >= 4 is 10.8 Å². The predicted octanol–water partition coefficient (Wildman–Crippen LogP) is 2.85. The second-order valence-electron chi connectivity index (χ2n) is 6.24. The van der Waals surface area contributed by atoms with Crippen molar-refractivity contribution in [3.8, 4) is 16.9 Å². The van der Waals surface area contributed by atoms with Crippen molar-refractivity contribution in [1.82, 2.24) is 14.8 Å². The zero-order chi connectivity index (χ0) is 16.0. The third kappa shape index (κ3) is 2.57. The molecule has 3 aromatic rings. The number of nitrogens with zero attached hydrogens (tertiary/aromatic N) is 3. The number of ether oxygens (including phenoxy) is 1. The highest BCUT2D eigenvalue weighted by molar-refractivity contribution is 5.92. The molecule has 5 nitrogen and oxygen atoms in total. The zero-order valence-electron chi connectivity index (χ0n) is 13.2. The molecule has 118 valence electrons. The SMILES string of the molecule is Cc1ncc2ccc(-c3cnn(C)c3)cc2c1O[C@H]1C[C@H](O)C1. The molecule has 0 radical (unpaired) electrons. The summed E-state index contributed by atoms with van der Waals surface area (Å²) in [7, 11) is 1.91. The molecule has 1 fully saturated rings. The van der Waals surface area contributed by atoms with Gasteiger partial charge in [-0.15, -0.1) is 0 Å². The van der Waals surface area contributed by atoms with E-state index in [9.17, 15) is 5.11 Å². The summed E-state index contributed by atoms with van der Waals surface area (Å²) >= 11 is 0. The molecule has 0 unspecified atom stereocenters. The van der Waals surface area contributed by atoms with E-state index >= 15 is 0 Å². The number of benzene rings is 1. The molecule has 2 aromatic heterocycles. The standard InChI is InChI=1S/C18H19N3O2/c1-11-18(23-16-6-15(22)7-16)17-5-12(3-4-13(17)8-19-11)14-9-20-21(2)10-14/h3-5,8-10,15-16,22H,6-7H2,1-2H3/t15-,16-. The van der Waals surface area contributed by atoms with Crippen LogP contribution < -0.4 is 4.74 Å². The molecule has 0 atom stereocenters. The first-order valence-corrected chi connectivity index (χ1v) is 7.83. The number of pyridine rings is 1. The molecule has 0 saturated heterocycles. The fourth-order valence-corrected chi connectivity index (χ4v) is 2.98. The van der Waals surface area contributed by atoms with Crippen molar-refractivity contribution in [2.75, 3.05) is 0 Å². The zero-order valence-corrected chi connectivity index (χ0v) is 13.2. The summed E-state index contributed by atoms with van der Waals surface area (Å²) in [5.74, 6) is 0.824. The number of hydrogen-bond donors (Lipinski definition) is 1. The van der Waals surface area contributed by atoms with Gasteiger partial charge in [-0.05, 0) is 18.6 Å². The number of fused-ring (bicyclic) bond motifs is 1. The van der Waals surface area contributed by atoms with E-state index < -0.39 is 0 Å². The van der Waals surface area contributed by atoms with Crippen LogP contribution in [0.2, 0.25) is 0 Å². The highest BCUT2D eigenvalue weighted by atomic mass is 16.5. The van der Waals surface area contributed by atoms with E-state index in [4.69, 9.17) is 4.74 Å². The molecule has 1 saturated carbocycles. The van der Waals surface area contributed by atoms with Crippen LogP contribution in [0.1, 0.15) is 18.5 Å². The van der Waals surface area contributed by atoms with Gasteiger partial charge in [0.1, 0.15) is 11.9 Å². The van der Waals surface area contributed by atoms with Crippen LogP contribution in [-0.2, 0) is 7.05 Å². The van der Waals surface area contributed by atoms with E-state index in [0.717, 1.165) is 33.3 Å². The third-order valence-electron chi connectivity index (χ3n) is 4.42. The van der Waals surface area contributed by atoms with Gasteiger partial charge in [0.05, 0.1) is 18.0 Å². The van der Waals surface area contributed by atoms with Gasteiger partial charge in [0.15, 0.2) is 0 Å². The van der Waals surface area contributed by atoms with Gasteiger partial charge in [0, 0.05) is 48.6 Å². The molecule has 0 amide bonds. The lowest BCUT2D eigenvalue weighted by Crippen LogP contribution is -2.37. The van der Waals surface area contributed by atoms with Crippen molar-refractivity contribution in [2.45, 2.75) is 32.0 Å². The molecule has 1 aliphatic carbocycles. The molecule has 4 rings (SSSR count). The quantitative estimate of drug-likeness (QED) is 0.808. The maximum atomic E-state index is 9.47. The Morgan fingerprint density at radius 1 is 1.22 bits per heavy atom. The number of aromatic nitrogens is 3. The average Bonchev–Trinajstić information content (AvgIpc) is 2.94. The molecule has 1 aliphatic rings. The van der Waals surface area contributed by atoms with E-state index in [-0.39, 0.29) is 12.2 Å². The first kappa shape index (κ1) is 14.2. The van der Waals surface area contributed by atoms with Crippen LogP contribution in [-0.4, -0.2) is 32.1 Å². The summed E-state index contributed by atoms with van der Waals surface area (Å²) in [5.41, 5.74) is 3.06. The Kier molecular flexibility index (Phi) is 3.31. The molecule has 1 aromatic carbocycles. The summed E-state index contributed by atoms with van der Waals surface area (Å²) in [6, 6.07) is 6.27. The minimum Gasteiger partial charge on any atom is -0.488 e. The molecule has 0 spiro atoms. The highest BCUT2D eigenvalue weighted by Crippen LogP contribution is 2.35. The number of aliphatic hydroxyl groups excluding tert-OH is 1. The van der Waals surface area contributed by atoms with E-state index in [1.54, 1.807) is 4.68 Å². The Morgan fingerprint density at radius 3 is 2.74 bits per heavy atom. The van der Waals surface area contributed by atoms with Crippen LogP contribution in [0.5, 0.6) is 5.75 Å². The monoisotopic (exact) mass is 309 g/mol. The molecule has 2 heterocycles. The number of aryl methyl sites for hydroxylation is 2. The van der Waals surface area contributed by atoms with Gasteiger partial charge in [-0.3, -0.25) is 9.67 Å². The lowest BCUT2D eigenvalue weighted by molar-refractivity contribution is -0.0105.